The average molecular weight is 296 g/mol. The predicted octanol–water partition coefficient (Wildman–Crippen LogP) is 1.79. The molecule has 1 heterocycles. The molecule has 0 saturated heterocycles. The lowest BCUT2D eigenvalue weighted by Gasteiger charge is -2.08. The fraction of sp³-hybridized carbons (Fsp3) is 0.250. The molecule has 0 bridgehead atoms. The van der Waals surface area contributed by atoms with Crippen molar-refractivity contribution in [3.8, 4) is 12.0 Å². The molecule has 1 aromatic heterocycles. The Balaban J connectivity index is 2.12. The summed E-state index contributed by atoms with van der Waals surface area (Å²) in [7, 11) is 0. The first-order valence-electron chi connectivity index (χ1n) is 5.94. The van der Waals surface area contributed by atoms with Gasteiger partial charge in [-0.25, -0.2) is 5.84 Å². The Morgan fingerprint density at radius 2 is 1.85 bits per heavy atom. The summed E-state index contributed by atoms with van der Waals surface area (Å²) in [6, 6.07) is 7.61. The van der Waals surface area contributed by atoms with Gasteiger partial charge >= 0.3 is 12.0 Å². The minimum atomic E-state index is 0.108. The van der Waals surface area contributed by atoms with Crippen LogP contribution in [0.5, 0.6) is 12.0 Å². The number of nitrogens with two attached hydrogens (primary N) is 1. The highest BCUT2D eigenvalue weighted by molar-refractivity contribution is 6.31. The Hall–Kier alpha value is -2.12. The molecule has 2 aromatic rings. The standard InChI is InChI=1S/C12H14ClN5O2/c1-2-19-11-15-10(18-14)16-12(17-11)20-7-8-5-3-4-6-9(8)13/h3-6H,2,7,14H2,1H3,(H,15,16,17,18). The van der Waals surface area contributed by atoms with Crippen LogP contribution in [-0.4, -0.2) is 21.6 Å². The summed E-state index contributed by atoms with van der Waals surface area (Å²) in [4.78, 5) is 11.9. The quantitative estimate of drug-likeness (QED) is 0.619. The first-order chi connectivity index (χ1) is 9.72. The van der Waals surface area contributed by atoms with Crippen LogP contribution < -0.4 is 20.7 Å². The molecule has 0 atom stereocenters. The Bertz CT molecular complexity index is 582. The van der Waals surface area contributed by atoms with Crippen LogP contribution >= 0.6 is 11.6 Å². The number of rotatable bonds is 6. The van der Waals surface area contributed by atoms with E-state index in [2.05, 4.69) is 20.4 Å². The monoisotopic (exact) mass is 295 g/mol. The van der Waals surface area contributed by atoms with Crippen molar-refractivity contribution in [2.24, 2.45) is 5.84 Å². The van der Waals surface area contributed by atoms with E-state index in [-0.39, 0.29) is 24.6 Å². The normalized spacial score (nSPS) is 10.2. The number of hydrogen-bond donors (Lipinski definition) is 2. The van der Waals surface area contributed by atoms with Crippen LogP contribution in [0.1, 0.15) is 12.5 Å². The number of anilines is 1. The zero-order valence-electron chi connectivity index (χ0n) is 10.8. The Morgan fingerprint density at radius 1 is 1.15 bits per heavy atom. The highest BCUT2D eigenvalue weighted by Gasteiger charge is 2.08. The number of hydrazine groups is 1. The fourth-order valence-corrected chi connectivity index (χ4v) is 1.61. The lowest BCUT2D eigenvalue weighted by molar-refractivity contribution is 0.262. The summed E-state index contributed by atoms with van der Waals surface area (Å²) < 4.78 is 10.7. The van der Waals surface area contributed by atoms with Gasteiger partial charge in [0.2, 0.25) is 5.95 Å². The molecule has 2 rings (SSSR count). The van der Waals surface area contributed by atoms with E-state index >= 15 is 0 Å². The molecule has 3 N–H and O–H groups in total. The van der Waals surface area contributed by atoms with E-state index in [1.54, 1.807) is 6.07 Å². The van der Waals surface area contributed by atoms with Crippen LogP contribution in [0.25, 0.3) is 0 Å². The third-order valence-corrected chi connectivity index (χ3v) is 2.68. The first-order valence-corrected chi connectivity index (χ1v) is 6.32. The zero-order valence-corrected chi connectivity index (χ0v) is 11.6. The maximum Gasteiger partial charge on any atom is 0.324 e. The molecule has 0 saturated carbocycles. The number of nitrogens with one attached hydrogen (secondary N) is 1. The fourth-order valence-electron chi connectivity index (χ4n) is 1.42. The molecular weight excluding hydrogens is 282 g/mol. The summed E-state index contributed by atoms with van der Waals surface area (Å²) >= 11 is 6.04. The molecule has 7 nitrogen and oxygen atoms in total. The Morgan fingerprint density at radius 3 is 2.50 bits per heavy atom. The van der Waals surface area contributed by atoms with Crippen molar-refractivity contribution in [3.63, 3.8) is 0 Å². The number of aromatic nitrogens is 3. The molecule has 0 radical (unpaired) electrons. The smallest absolute Gasteiger partial charge is 0.324 e. The molecule has 0 aliphatic heterocycles. The zero-order chi connectivity index (χ0) is 14.4. The second-order valence-electron chi connectivity index (χ2n) is 3.68. The van der Waals surface area contributed by atoms with Gasteiger partial charge in [0.25, 0.3) is 0 Å². The van der Waals surface area contributed by atoms with Crippen LogP contribution in [0.3, 0.4) is 0 Å². The van der Waals surface area contributed by atoms with Crippen molar-refractivity contribution in [2.45, 2.75) is 13.5 Å². The van der Waals surface area contributed by atoms with E-state index in [4.69, 9.17) is 26.9 Å². The van der Waals surface area contributed by atoms with Crippen molar-refractivity contribution >= 4 is 17.5 Å². The Kier molecular flexibility index (Phi) is 4.91. The number of nitrogens with zero attached hydrogens (tertiary/aromatic N) is 3. The van der Waals surface area contributed by atoms with Gasteiger partial charge in [-0.3, -0.25) is 5.43 Å². The van der Waals surface area contributed by atoms with E-state index in [0.29, 0.717) is 11.6 Å². The van der Waals surface area contributed by atoms with Gasteiger partial charge in [0, 0.05) is 10.6 Å². The van der Waals surface area contributed by atoms with Gasteiger partial charge in [0.15, 0.2) is 0 Å². The number of hydrogen-bond acceptors (Lipinski definition) is 7. The van der Waals surface area contributed by atoms with E-state index < -0.39 is 0 Å². The minimum absolute atomic E-state index is 0.108. The largest absolute Gasteiger partial charge is 0.464 e. The molecule has 0 amide bonds. The van der Waals surface area contributed by atoms with Crippen LogP contribution in [0, 0.1) is 0 Å². The SMILES string of the molecule is CCOc1nc(NN)nc(OCc2ccccc2Cl)n1. The van der Waals surface area contributed by atoms with Crippen LogP contribution in [0.15, 0.2) is 24.3 Å². The van der Waals surface area contributed by atoms with Crippen molar-refractivity contribution in [2.75, 3.05) is 12.0 Å². The Labute approximate surface area is 121 Å². The van der Waals surface area contributed by atoms with Gasteiger partial charge in [-0.05, 0) is 13.0 Å². The van der Waals surface area contributed by atoms with Gasteiger partial charge in [-0.2, -0.15) is 9.97 Å². The molecule has 0 fully saturated rings. The van der Waals surface area contributed by atoms with Crippen LogP contribution in [0.4, 0.5) is 5.95 Å². The maximum absolute atomic E-state index is 6.04. The molecule has 1 aromatic carbocycles. The third-order valence-electron chi connectivity index (χ3n) is 2.31. The van der Waals surface area contributed by atoms with Crippen LogP contribution in [-0.2, 0) is 6.61 Å². The average Bonchev–Trinajstić information content (AvgIpc) is 2.46. The van der Waals surface area contributed by atoms with E-state index in [9.17, 15) is 0 Å². The molecule has 0 spiro atoms. The lowest BCUT2D eigenvalue weighted by atomic mass is 10.2. The topological polar surface area (TPSA) is 95.2 Å². The molecule has 0 unspecified atom stereocenters. The molecule has 8 heteroatoms. The van der Waals surface area contributed by atoms with E-state index in [0.717, 1.165) is 5.56 Å². The molecule has 0 aliphatic carbocycles. The van der Waals surface area contributed by atoms with Gasteiger partial charge < -0.3 is 9.47 Å². The number of halogens is 1. The number of benzene rings is 1. The highest BCUT2D eigenvalue weighted by Crippen LogP contribution is 2.18. The summed E-state index contributed by atoms with van der Waals surface area (Å²) in [6.45, 7) is 2.49. The second-order valence-corrected chi connectivity index (χ2v) is 4.09. The van der Waals surface area contributed by atoms with Crippen molar-refractivity contribution in [1.82, 2.24) is 15.0 Å². The summed E-state index contributed by atoms with van der Waals surface area (Å²) in [5.74, 6) is 5.44. The molecular formula is C12H14ClN5O2. The predicted molar refractivity (Wildman–Crippen MR) is 74.6 cm³/mol. The molecule has 106 valence electrons. The number of nitrogen functional groups attached to an aromatic ring is 1. The van der Waals surface area contributed by atoms with E-state index in [1.807, 2.05) is 25.1 Å². The van der Waals surface area contributed by atoms with Gasteiger partial charge in [-0.1, -0.05) is 29.8 Å². The third kappa shape index (κ3) is 3.69. The first kappa shape index (κ1) is 14.3. The van der Waals surface area contributed by atoms with Crippen molar-refractivity contribution in [1.29, 1.82) is 0 Å². The van der Waals surface area contributed by atoms with Crippen LogP contribution in [0.2, 0.25) is 5.02 Å². The lowest BCUT2D eigenvalue weighted by Crippen LogP contribution is -2.13. The number of ether oxygens (including phenoxy) is 2. The maximum atomic E-state index is 6.04. The van der Waals surface area contributed by atoms with Gasteiger partial charge in [0.05, 0.1) is 6.61 Å². The van der Waals surface area contributed by atoms with Crippen molar-refractivity contribution < 1.29 is 9.47 Å². The van der Waals surface area contributed by atoms with E-state index in [1.165, 1.54) is 0 Å². The second kappa shape index (κ2) is 6.88. The highest BCUT2D eigenvalue weighted by atomic mass is 35.5. The summed E-state index contributed by atoms with van der Waals surface area (Å²) in [5, 5.41) is 0.615. The van der Waals surface area contributed by atoms with Gasteiger partial charge in [-0.15, -0.1) is 4.98 Å². The summed E-state index contributed by atoms with van der Waals surface area (Å²) in [6.07, 6.45) is 0. The van der Waals surface area contributed by atoms with Crippen molar-refractivity contribution in [3.05, 3.63) is 34.9 Å². The minimum Gasteiger partial charge on any atom is -0.464 e. The van der Waals surface area contributed by atoms with Gasteiger partial charge in [0.1, 0.15) is 6.61 Å². The molecule has 0 aliphatic rings. The molecule has 20 heavy (non-hydrogen) atoms. The summed E-state index contributed by atoms with van der Waals surface area (Å²) in [5.41, 5.74) is 3.16.